The molecule has 0 spiro atoms. The molecule has 0 bridgehead atoms. The van der Waals surface area contributed by atoms with Gasteiger partial charge in [0.05, 0.1) is 72.4 Å². The maximum Gasteiger partial charge on any atom is 0.330 e. The number of fused-ring (bicyclic) bond motifs is 1. The first-order valence-corrected chi connectivity index (χ1v) is 30.3. The molecule has 1 saturated heterocycles. The zero-order chi connectivity index (χ0) is 59.3. The number of carbonyl (C=O) groups excluding carboxylic acids is 4. The van der Waals surface area contributed by atoms with E-state index in [0.29, 0.717) is 120 Å². The Kier molecular flexibility index (Phi) is 26.2. The van der Waals surface area contributed by atoms with Crippen LogP contribution in [0.1, 0.15) is 116 Å². The van der Waals surface area contributed by atoms with Crippen molar-refractivity contribution in [2.24, 2.45) is 29.6 Å². The van der Waals surface area contributed by atoms with Crippen molar-refractivity contribution < 1.29 is 87.0 Å². The molecule has 7 aliphatic rings. The number of carbonyl (C=O) groups is 4. The molecule has 3 fully saturated rings. The van der Waals surface area contributed by atoms with Crippen LogP contribution < -0.4 is 5.32 Å². The lowest BCUT2D eigenvalue weighted by molar-refractivity contribution is -0.179. The molecule has 12 unspecified atom stereocenters. The van der Waals surface area contributed by atoms with E-state index in [1.807, 2.05) is 18.2 Å². The SMILES string of the molecule is C=CC(=O)OCC(COC1C=CC(OC(=O)C2CCC(C(O)OC3=CC=C(CCOC(O)C4CCC(C(O)OC5=CCC(OCC(COC(=O)C=C)OC(O)CC)CC5)CC4)C4SC(C5=CCC(C#N)CC5)NC34)CC2)=CC1)OC(=O)C=C. The van der Waals surface area contributed by atoms with Crippen molar-refractivity contribution >= 4 is 35.6 Å². The van der Waals surface area contributed by atoms with Crippen LogP contribution in [0, 0.1) is 40.9 Å². The molecule has 0 aromatic rings. The molecule has 0 amide bonds. The Morgan fingerprint density at radius 3 is 2.02 bits per heavy atom. The van der Waals surface area contributed by atoms with Gasteiger partial charge in [-0.15, -0.1) is 11.8 Å². The van der Waals surface area contributed by atoms with Gasteiger partial charge >= 0.3 is 23.9 Å². The highest BCUT2D eigenvalue weighted by Gasteiger charge is 2.44. The lowest BCUT2D eigenvalue weighted by atomic mass is 9.81. The first kappa shape index (κ1) is 65.2. The Morgan fingerprint density at radius 2 is 1.41 bits per heavy atom. The van der Waals surface area contributed by atoms with Gasteiger partial charge in [0.25, 0.3) is 0 Å². The molecule has 20 nitrogen and oxygen atoms in total. The van der Waals surface area contributed by atoms with Crippen molar-refractivity contribution in [3.8, 4) is 6.07 Å². The number of rotatable bonds is 31. The van der Waals surface area contributed by atoms with Gasteiger partial charge in [-0.25, -0.2) is 14.4 Å². The number of esters is 4. The summed E-state index contributed by atoms with van der Waals surface area (Å²) in [6.45, 7) is 12.0. The number of aliphatic hydroxyl groups excluding tert-OH is 4. The normalized spacial score (nSPS) is 29.1. The molecular formula is C62H84N2O18S. The van der Waals surface area contributed by atoms with Crippen LogP contribution in [0.4, 0.5) is 0 Å². The van der Waals surface area contributed by atoms with Gasteiger partial charge in [0.15, 0.2) is 31.3 Å². The predicted molar refractivity (Wildman–Crippen MR) is 304 cm³/mol. The topological polar surface area (TPSA) is 277 Å². The molecule has 456 valence electrons. The average Bonchev–Trinajstić information content (AvgIpc) is 4.01. The van der Waals surface area contributed by atoms with E-state index in [1.54, 1.807) is 36.9 Å². The van der Waals surface area contributed by atoms with Crippen molar-refractivity contribution in [2.45, 2.75) is 182 Å². The van der Waals surface area contributed by atoms with E-state index >= 15 is 0 Å². The van der Waals surface area contributed by atoms with Crippen LogP contribution in [0.3, 0.4) is 0 Å². The fraction of sp³-hybridized carbons (Fsp3) is 0.629. The van der Waals surface area contributed by atoms with Crippen LogP contribution in [0.15, 0.2) is 109 Å². The Bertz CT molecular complexity index is 2450. The van der Waals surface area contributed by atoms with Gasteiger partial charge in [-0.1, -0.05) is 50.5 Å². The van der Waals surface area contributed by atoms with E-state index in [0.717, 1.165) is 36.6 Å². The van der Waals surface area contributed by atoms with Crippen molar-refractivity contribution in [3.05, 3.63) is 109 Å². The molecule has 0 aromatic carbocycles. The van der Waals surface area contributed by atoms with Gasteiger partial charge in [0.2, 0.25) is 0 Å². The van der Waals surface area contributed by atoms with Gasteiger partial charge in [0, 0.05) is 42.4 Å². The van der Waals surface area contributed by atoms with E-state index < -0.39 is 61.4 Å². The van der Waals surface area contributed by atoms with E-state index in [9.17, 15) is 44.9 Å². The Balaban J connectivity index is 0.839. The standard InChI is InChI=1S/C62H84N2O18S/c1-5-52(65)76-36-49(78-54(67)7-3)34-74-45-22-26-47(27-23-45)80-60(70)42-15-13-41(14-16-42)59(69)73-32-31-39-21-30-51(56-57(39)83-58(64-56)40-11-9-38(33-63)10-12-40)82-62(72)44-19-17-43(18-20-44)61(71)81-48-28-24-46(25-29-48)75-35-50(79-55(68)8-4)37-77-53(66)6-2/h5-6,8,11,21,24,26,28-30,38,41-46,49-50,54,56-60,62,64,67,69-70,72H,1-2,4,7,9-10,12-20,22-23,25,27,31-32,34-37H2,3H3. The minimum atomic E-state index is -1.10. The van der Waals surface area contributed by atoms with Gasteiger partial charge in [-0.2, -0.15) is 5.26 Å². The third-order valence-electron chi connectivity index (χ3n) is 16.2. The highest BCUT2D eigenvalue weighted by Crippen LogP contribution is 2.45. The second-order valence-electron chi connectivity index (χ2n) is 22.0. The van der Waals surface area contributed by atoms with E-state index in [2.05, 4.69) is 37.2 Å². The summed E-state index contributed by atoms with van der Waals surface area (Å²) >= 11 is 1.79. The maximum atomic E-state index is 13.3. The van der Waals surface area contributed by atoms with Crippen molar-refractivity contribution in [3.63, 3.8) is 0 Å². The van der Waals surface area contributed by atoms with Gasteiger partial charge in [-0.05, 0) is 133 Å². The van der Waals surface area contributed by atoms with Crippen LogP contribution in [0.2, 0.25) is 0 Å². The zero-order valence-corrected chi connectivity index (χ0v) is 48.4. The molecule has 1 aliphatic heterocycles. The lowest BCUT2D eigenvalue weighted by Gasteiger charge is -2.35. The van der Waals surface area contributed by atoms with Crippen molar-refractivity contribution in [1.82, 2.24) is 5.32 Å². The summed E-state index contributed by atoms with van der Waals surface area (Å²) < 4.78 is 57.2. The quantitative estimate of drug-likeness (QED) is 0.0149. The highest BCUT2D eigenvalue weighted by molar-refractivity contribution is 8.01. The smallest absolute Gasteiger partial charge is 0.330 e. The number of allylic oxidation sites excluding steroid dienone is 5. The predicted octanol–water partition coefficient (Wildman–Crippen LogP) is 7.36. The molecule has 83 heavy (non-hydrogen) atoms. The zero-order valence-electron chi connectivity index (χ0n) is 47.5. The molecule has 7 rings (SSSR count). The van der Waals surface area contributed by atoms with E-state index in [-0.39, 0.29) is 84.8 Å². The fourth-order valence-electron chi connectivity index (χ4n) is 11.2. The number of ether oxygens (including phenoxy) is 10. The monoisotopic (exact) mass is 1180 g/mol. The minimum Gasteiger partial charge on any atom is -0.470 e. The summed E-state index contributed by atoms with van der Waals surface area (Å²) in [5.41, 5.74) is 2.37. The molecule has 5 N–H and O–H groups in total. The Hall–Kier alpha value is -5.38. The molecule has 12 atom stereocenters. The molecule has 0 radical (unpaired) electrons. The number of nitrogens with one attached hydrogen (secondary N) is 1. The van der Waals surface area contributed by atoms with E-state index in [1.165, 1.54) is 5.57 Å². The largest absolute Gasteiger partial charge is 0.470 e. The number of nitrogens with zero attached hydrogens (tertiary/aromatic N) is 1. The summed E-state index contributed by atoms with van der Waals surface area (Å²) in [6.07, 6.45) is 20.5. The summed E-state index contributed by atoms with van der Waals surface area (Å²) in [5, 5.41) is 57.2. The summed E-state index contributed by atoms with van der Waals surface area (Å²) in [5.74, 6) is -1.29. The molecule has 21 heteroatoms. The van der Waals surface area contributed by atoms with Crippen LogP contribution in [-0.4, -0.2) is 144 Å². The average molecular weight is 1180 g/mol. The van der Waals surface area contributed by atoms with Crippen molar-refractivity contribution in [2.75, 3.05) is 33.0 Å². The summed E-state index contributed by atoms with van der Waals surface area (Å²) in [7, 11) is 0. The molecule has 1 heterocycles. The molecular weight excluding hydrogens is 1090 g/mol. The summed E-state index contributed by atoms with van der Waals surface area (Å²) in [6, 6.07) is 2.16. The minimum absolute atomic E-state index is 0.00283. The van der Waals surface area contributed by atoms with Crippen LogP contribution >= 0.6 is 11.8 Å². The number of nitriles is 1. The summed E-state index contributed by atoms with van der Waals surface area (Å²) in [4.78, 5) is 48.2. The number of hydrogen-bond acceptors (Lipinski definition) is 21. The maximum absolute atomic E-state index is 13.3. The fourth-order valence-corrected chi connectivity index (χ4v) is 12.8. The molecule has 2 saturated carbocycles. The first-order valence-electron chi connectivity index (χ1n) is 29.3. The Morgan fingerprint density at radius 1 is 0.747 bits per heavy atom. The number of aliphatic hydroxyl groups is 4. The lowest BCUT2D eigenvalue weighted by Crippen LogP contribution is -2.41. The first-order chi connectivity index (χ1) is 40.1. The van der Waals surface area contributed by atoms with Crippen LogP contribution in [-0.2, 0) is 66.5 Å². The van der Waals surface area contributed by atoms with Crippen LogP contribution in [0.5, 0.6) is 0 Å². The van der Waals surface area contributed by atoms with Gasteiger partial charge in [0.1, 0.15) is 30.8 Å². The van der Waals surface area contributed by atoms with Gasteiger partial charge < -0.3 is 67.8 Å². The Labute approximate surface area is 491 Å². The van der Waals surface area contributed by atoms with Gasteiger partial charge in [-0.3, -0.25) is 10.1 Å². The number of hydrogen-bond donors (Lipinski definition) is 5. The molecule has 0 aromatic heterocycles. The third-order valence-corrected chi connectivity index (χ3v) is 17.8. The third kappa shape index (κ3) is 20.1. The second kappa shape index (κ2) is 33.3. The second-order valence-corrected chi connectivity index (χ2v) is 23.3. The highest BCUT2D eigenvalue weighted by atomic mass is 32.2. The molecule has 6 aliphatic carbocycles. The van der Waals surface area contributed by atoms with E-state index in [4.69, 9.17) is 47.4 Å². The number of thioether (sulfide) groups is 1. The van der Waals surface area contributed by atoms with Crippen molar-refractivity contribution in [1.29, 1.82) is 5.26 Å². The van der Waals surface area contributed by atoms with Crippen LogP contribution in [0.25, 0.3) is 0 Å².